The van der Waals surface area contributed by atoms with Crippen LogP contribution in [0.2, 0.25) is 0 Å². The lowest BCUT2D eigenvalue weighted by molar-refractivity contribution is -0.193. The van der Waals surface area contributed by atoms with Gasteiger partial charge in [-0.15, -0.1) is 0 Å². The lowest BCUT2D eigenvalue weighted by atomic mass is 10.1. The second-order valence-corrected chi connectivity index (χ2v) is 8.11. The Morgan fingerprint density at radius 2 is 1.54 bits per heavy atom. The number of aliphatic carboxylic acids is 2. The fraction of sp³-hybridized carbons (Fsp3) is 0.391. The molecule has 6 N–H and O–H groups in total. The molecule has 1 aliphatic rings. The molecule has 2 aromatic rings. The van der Waals surface area contributed by atoms with Crippen molar-refractivity contribution in [2.75, 3.05) is 18.8 Å². The molecule has 0 aromatic carbocycles. The van der Waals surface area contributed by atoms with Crippen LogP contribution in [0.15, 0.2) is 42.7 Å². The molecule has 0 radical (unpaired) electrons. The summed E-state index contributed by atoms with van der Waals surface area (Å²) in [5.74, 6) is -5.35. The first kappa shape index (κ1) is 34.5. The number of likely N-dealkylation sites (tertiary alicyclic amines) is 1. The largest absolute Gasteiger partial charge is 0.490 e. The zero-order chi connectivity index (χ0) is 31.4. The number of nitrogens with two attached hydrogens (primary N) is 1. The third-order valence-electron chi connectivity index (χ3n) is 5.07. The van der Waals surface area contributed by atoms with Crippen molar-refractivity contribution < 1.29 is 55.7 Å². The van der Waals surface area contributed by atoms with E-state index in [4.69, 9.17) is 25.5 Å². The van der Waals surface area contributed by atoms with E-state index >= 15 is 0 Å². The van der Waals surface area contributed by atoms with Crippen LogP contribution in [0.4, 0.5) is 32.2 Å². The number of nitrogens with one attached hydrogen (secondary N) is 2. The fourth-order valence-corrected chi connectivity index (χ4v) is 3.31. The molecule has 18 heteroatoms. The molecule has 0 aliphatic carbocycles. The molecule has 3 rings (SSSR count). The van der Waals surface area contributed by atoms with Crippen LogP contribution in [0, 0.1) is 0 Å². The number of hydrogen-bond acceptors (Lipinski definition) is 8. The monoisotopic (exact) mass is 596 g/mol. The smallest absolute Gasteiger partial charge is 0.475 e. The molecule has 2 amide bonds. The normalized spacial score (nSPS) is 16.8. The van der Waals surface area contributed by atoms with Gasteiger partial charge in [-0.3, -0.25) is 19.5 Å². The van der Waals surface area contributed by atoms with Gasteiger partial charge in [0.1, 0.15) is 11.5 Å². The minimum Gasteiger partial charge on any atom is -0.475 e. The van der Waals surface area contributed by atoms with Gasteiger partial charge in [-0.2, -0.15) is 26.3 Å². The number of rotatable bonds is 6. The van der Waals surface area contributed by atoms with Gasteiger partial charge in [-0.1, -0.05) is 12.1 Å². The number of anilines is 1. The van der Waals surface area contributed by atoms with Crippen molar-refractivity contribution in [1.82, 2.24) is 25.5 Å². The number of carbonyl (C=O) groups is 4. The van der Waals surface area contributed by atoms with Crippen molar-refractivity contribution in [3.63, 3.8) is 0 Å². The van der Waals surface area contributed by atoms with E-state index in [1.807, 2.05) is 24.0 Å². The fourth-order valence-electron chi connectivity index (χ4n) is 3.31. The molecule has 0 spiro atoms. The molecular weight excluding hydrogens is 570 g/mol. The van der Waals surface area contributed by atoms with Gasteiger partial charge in [0.2, 0.25) is 5.91 Å². The van der Waals surface area contributed by atoms with Crippen molar-refractivity contribution in [2.24, 2.45) is 0 Å². The van der Waals surface area contributed by atoms with Crippen molar-refractivity contribution in [1.29, 1.82) is 0 Å². The molecule has 1 aliphatic heterocycles. The summed E-state index contributed by atoms with van der Waals surface area (Å²) in [4.78, 5) is 52.9. The summed E-state index contributed by atoms with van der Waals surface area (Å²) >= 11 is 0. The lowest BCUT2D eigenvalue weighted by Crippen LogP contribution is -2.42. The third kappa shape index (κ3) is 12.1. The second kappa shape index (κ2) is 15.3. The number of halogens is 6. The molecule has 1 fully saturated rings. The van der Waals surface area contributed by atoms with Crippen LogP contribution in [0.25, 0.3) is 0 Å². The Labute approximate surface area is 228 Å². The van der Waals surface area contributed by atoms with E-state index in [0.29, 0.717) is 37.6 Å². The van der Waals surface area contributed by atoms with Crippen LogP contribution in [0.1, 0.15) is 29.4 Å². The number of carboxylic acid groups (broad SMARTS) is 2. The number of carboxylic acids is 2. The van der Waals surface area contributed by atoms with E-state index < -0.39 is 24.3 Å². The summed E-state index contributed by atoms with van der Waals surface area (Å²) in [6, 6.07) is 8.44. The van der Waals surface area contributed by atoms with Crippen LogP contribution in [-0.4, -0.2) is 86.4 Å². The first-order chi connectivity index (χ1) is 19.0. The Morgan fingerprint density at radius 1 is 0.976 bits per heavy atom. The summed E-state index contributed by atoms with van der Waals surface area (Å²) in [5.41, 5.74) is 7.18. The van der Waals surface area contributed by atoms with Crippen LogP contribution in [0.3, 0.4) is 0 Å². The SMILES string of the molecule is CCNC(=O)[C@@H]1C[C@H](NC(=O)c2ccccn2)CN1Cc1cccnc1N.O=C(O)C(F)(F)F.O=C(O)C(F)(F)F. The first-order valence-corrected chi connectivity index (χ1v) is 11.5. The van der Waals surface area contributed by atoms with Gasteiger partial charge in [-0.25, -0.2) is 14.6 Å². The summed E-state index contributed by atoms with van der Waals surface area (Å²) < 4.78 is 63.5. The number of aromatic nitrogens is 2. The highest BCUT2D eigenvalue weighted by Crippen LogP contribution is 2.23. The van der Waals surface area contributed by atoms with E-state index in [1.165, 1.54) is 0 Å². The number of nitrogens with zero attached hydrogens (tertiary/aromatic N) is 3. The molecule has 226 valence electrons. The minimum absolute atomic E-state index is 0.0467. The van der Waals surface area contributed by atoms with Gasteiger partial charge in [0.15, 0.2) is 0 Å². The maximum atomic E-state index is 12.5. The highest BCUT2D eigenvalue weighted by Gasteiger charge is 2.39. The Morgan fingerprint density at radius 3 is 2.00 bits per heavy atom. The number of amides is 2. The van der Waals surface area contributed by atoms with E-state index in [1.54, 1.807) is 30.6 Å². The molecule has 1 saturated heterocycles. The molecule has 0 unspecified atom stereocenters. The maximum Gasteiger partial charge on any atom is 0.490 e. The maximum absolute atomic E-state index is 12.5. The van der Waals surface area contributed by atoms with E-state index in [-0.39, 0.29) is 23.9 Å². The lowest BCUT2D eigenvalue weighted by Gasteiger charge is -2.23. The van der Waals surface area contributed by atoms with Crippen LogP contribution in [0.5, 0.6) is 0 Å². The van der Waals surface area contributed by atoms with E-state index in [2.05, 4.69) is 20.6 Å². The molecule has 12 nitrogen and oxygen atoms in total. The van der Waals surface area contributed by atoms with Crippen molar-refractivity contribution in [3.05, 3.63) is 54.0 Å². The number of hydrogen-bond donors (Lipinski definition) is 5. The van der Waals surface area contributed by atoms with Gasteiger partial charge < -0.3 is 26.6 Å². The van der Waals surface area contributed by atoms with Gasteiger partial charge in [-0.05, 0) is 31.5 Å². The molecule has 3 heterocycles. The quantitative estimate of drug-likeness (QED) is 0.308. The Kier molecular flexibility index (Phi) is 12.9. The number of carbonyl (C=O) groups excluding carboxylic acids is 2. The van der Waals surface area contributed by atoms with Crippen LogP contribution in [-0.2, 0) is 20.9 Å². The highest BCUT2D eigenvalue weighted by molar-refractivity contribution is 5.92. The molecule has 41 heavy (non-hydrogen) atoms. The summed E-state index contributed by atoms with van der Waals surface area (Å²) in [6.45, 7) is 3.49. The number of pyridine rings is 2. The number of likely N-dealkylation sites (N-methyl/N-ethyl adjacent to an activating group) is 1. The molecular formula is C23H26F6N6O6. The van der Waals surface area contributed by atoms with Gasteiger partial charge in [0, 0.05) is 43.6 Å². The van der Waals surface area contributed by atoms with Crippen LogP contribution < -0.4 is 16.4 Å². The van der Waals surface area contributed by atoms with Gasteiger partial charge in [0.05, 0.1) is 6.04 Å². The average molecular weight is 596 g/mol. The van der Waals surface area contributed by atoms with Gasteiger partial charge >= 0.3 is 24.3 Å². The summed E-state index contributed by atoms with van der Waals surface area (Å²) in [5, 5.41) is 20.1. The molecule has 0 saturated carbocycles. The van der Waals surface area contributed by atoms with Crippen molar-refractivity contribution in [2.45, 2.75) is 44.3 Å². The Bertz CT molecular complexity index is 1160. The zero-order valence-corrected chi connectivity index (χ0v) is 21.2. The first-order valence-electron chi connectivity index (χ1n) is 11.5. The predicted octanol–water partition coefficient (Wildman–Crippen LogP) is 1.83. The summed E-state index contributed by atoms with van der Waals surface area (Å²) in [7, 11) is 0. The average Bonchev–Trinajstić information content (AvgIpc) is 3.28. The van der Waals surface area contributed by atoms with E-state index in [9.17, 15) is 35.9 Å². The standard InChI is InChI=1S/C19H24N6O2.2C2HF3O2/c1-2-21-19(27)16-10-14(24-18(26)15-7-3-4-8-22-15)12-25(16)11-13-6-5-9-23-17(13)20;2*3-2(4,5)1(6)7/h3-9,14,16H,2,10-12H2,1H3,(H2,20,23)(H,21,27)(H,24,26);2*(H,6,7)/t14-,16-;;/m0../s1. The van der Waals surface area contributed by atoms with Crippen LogP contribution >= 0.6 is 0 Å². The number of nitrogen functional groups attached to an aromatic ring is 1. The second-order valence-electron chi connectivity index (χ2n) is 8.11. The van der Waals surface area contributed by atoms with E-state index in [0.717, 1.165) is 5.56 Å². The van der Waals surface area contributed by atoms with Gasteiger partial charge in [0.25, 0.3) is 5.91 Å². The summed E-state index contributed by atoms with van der Waals surface area (Å²) in [6.07, 6.45) is -6.41. The Hall–Kier alpha value is -4.48. The van der Waals surface area contributed by atoms with Crippen molar-refractivity contribution >= 4 is 29.6 Å². The predicted molar refractivity (Wildman–Crippen MR) is 129 cm³/mol. The topological polar surface area (TPSA) is 188 Å². The molecule has 2 atom stereocenters. The molecule has 0 bridgehead atoms. The Balaban J connectivity index is 0.000000497. The van der Waals surface area contributed by atoms with Crippen molar-refractivity contribution in [3.8, 4) is 0 Å². The molecule has 2 aromatic heterocycles. The number of alkyl halides is 6. The third-order valence-corrected chi connectivity index (χ3v) is 5.07. The highest BCUT2D eigenvalue weighted by atomic mass is 19.4. The zero-order valence-electron chi connectivity index (χ0n) is 21.2. The minimum atomic E-state index is -5.08.